The highest BCUT2D eigenvalue weighted by Gasteiger charge is 2.19. The molecular formula is C54H33N3. The van der Waals surface area contributed by atoms with E-state index in [0.717, 1.165) is 17.1 Å². The third-order valence-corrected chi connectivity index (χ3v) is 12.4. The van der Waals surface area contributed by atoms with E-state index in [1.165, 1.54) is 97.7 Å². The van der Waals surface area contributed by atoms with Crippen molar-refractivity contribution in [3.05, 3.63) is 200 Å². The Labute approximate surface area is 327 Å². The van der Waals surface area contributed by atoms with E-state index in [0.29, 0.717) is 0 Å². The Morgan fingerprint density at radius 1 is 0.175 bits per heavy atom. The molecule has 0 amide bonds. The zero-order valence-corrected chi connectivity index (χ0v) is 30.9. The number of hydrogen-bond acceptors (Lipinski definition) is 0. The van der Waals surface area contributed by atoms with Crippen molar-refractivity contribution in [2.24, 2.45) is 0 Å². The van der Waals surface area contributed by atoms with Crippen molar-refractivity contribution in [3.63, 3.8) is 0 Å². The Morgan fingerprint density at radius 3 is 0.947 bits per heavy atom. The van der Waals surface area contributed by atoms with Gasteiger partial charge in [0.25, 0.3) is 0 Å². The quantitative estimate of drug-likeness (QED) is 0.161. The lowest BCUT2D eigenvalue weighted by molar-refractivity contribution is 1.15. The highest BCUT2D eigenvalue weighted by Crippen LogP contribution is 2.41. The summed E-state index contributed by atoms with van der Waals surface area (Å²) in [4.78, 5) is 0. The van der Waals surface area contributed by atoms with Crippen LogP contribution in [-0.4, -0.2) is 13.7 Å². The van der Waals surface area contributed by atoms with Crippen LogP contribution in [0.1, 0.15) is 0 Å². The maximum Gasteiger partial charge on any atom is 0.0561 e. The normalized spacial score (nSPS) is 12.2. The molecule has 0 saturated heterocycles. The molecule has 0 unspecified atom stereocenters. The van der Waals surface area contributed by atoms with Crippen LogP contribution in [0.25, 0.3) is 115 Å². The van der Waals surface area contributed by atoms with Gasteiger partial charge in [0.05, 0.1) is 33.1 Å². The Morgan fingerprint density at radius 2 is 0.456 bits per heavy atom. The molecule has 3 nitrogen and oxygen atoms in total. The van der Waals surface area contributed by atoms with Crippen LogP contribution in [-0.2, 0) is 0 Å². The van der Waals surface area contributed by atoms with Crippen molar-refractivity contribution in [2.75, 3.05) is 0 Å². The average Bonchev–Trinajstić information content (AvgIpc) is 3.91. The first-order valence-corrected chi connectivity index (χ1v) is 19.7. The van der Waals surface area contributed by atoms with Gasteiger partial charge in [-0.3, -0.25) is 0 Å². The number of para-hydroxylation sites is 4. The van der Waals surface area contributed by atoms with Gasteiger partial charge in [0.15, 0.2) is 0 Å². The molecule has 13 aromatic rings. The number of nitrogens with zero attached hydrogens (tertiary/aromatic N) is 3. The molecule has 57 heavy (non-hydrogen) atoms. The van der Waals surface area contributed by atoms with Crippen LogP contribution in [0.15, 0.2) is 200 Å². The van der Waals surface area contributed by atoms with Crippen molar-refractivity contribution >= 4 is 97.7 Å². The standard InChI is InChI=1S/C54H33N3/c1-2-15-39-37(13-1)38-14-3-4-16-40(38)47-31-34(25-28-41(39)47)57-51-23-11-7-19-44(51)46-29-26-36(33-54(46)57)56-52-24-12-8-20-45(52)48-32-35(27-30-53(48)56)55-49-21-9-5-17-42(49)43-18-6-10-22-50(43)55/h1-33H. The van der Waals surface area contributed by atoms with E-state index < -0.39 is 0 Å². The predicted octanol–water partition coefficient (Wildman–Crippen LogP) is 14.4. The summed E-state index contributed by atoms with van der Waals surface area (Å²) < 4.78 is 7.32. The summed E-state index contributed by atoms with van der Waals surface area (Å²) in [7, 11) is 0. The van der Waals surface area contributed by atoms with Crippen LogP contribution in [0, 0.1) is 0 Å². The summed E-state index contributed by atoms with van der Waals surface area (Å²) in [5.74, 6) is 0. The highest BCUT2D eigenvalue weighted by molar-refractivity contribution is 6.26. The van der Waals surface area contributed by atoms with E-state index in [1.54, 1.807) is 0 Å². The van der Waals surface area contributed by atoms with Crippen LogP contribution in [0.3, 0.4) is 0 Å². The largest absolute Gasteiger partial charge is 0.309 e. The summed E-state index contributed by atoms with van der Waals surface area (Å²) in [5, 5.41) is 15.2. The van der Waals surface area contributed by atoms with Gasteiger partial charge in [0.2, 0.25) is 0 Å². The SMILES string of the molecule is c1ccc2c(c1)c1ccccc1c1cc(-n3c4ccccc4c4ccc(-n5c6ccccc6c6cc(-n7c8ccccc8c8ccccc87)ccc65)cc43)ccc21. The van der Waals surface area contributed by atoms with Gasteiger partial charge >= 0.3 is 0 Å². The molecule has 0 atom stereocenters. The summed E-state index contributed by atoms with van der Waals surface area (Å²) in [6, 6.07) is 73.8. The monoisotopic (exact) mass is 723 g/mol. The molecule has 0 aliphatic rings. The Bertz CT molecular complexity index is 3730. The first-order chi connectivity index (χ1) is 28.3. The average molecular weight is 724 g/mol. The summed E-state index contributed by atoms with van der Waals surface area (Å²) in [5.41, 5.74) is 10.7. The number of rotatable bonds is 3. The molecule has 3 heterocycles. The van der Waals surface area contributed by atoms with Crippen LogP contribution < -0.4 is 0 Å². The third-order valence-electron chi connectivity index (χ3n) is 12.4. The van der Waals surface area contributed by atoms with Crippen molar-refractivity contribution in [1.29, 1.82) is 0 Å². The zero-order valence-electron chi connectivity index (χ0n) is 30.9. The second-order valence-electron chi connectivity index (χ2n) is 15.3. The van der Waals surface area contributed by atoms with Gasteiger partial charge in [-0.1, -0.05) is 133 Å². The van der Waals surface area contributed by atoms with Gasteiger partial charge in [-0.25, -0.2) is 0 Å². The second-order valence-corrected chi connectivity index (χ2v) is 15.3. The van der Waals surface area contributed by atoms with E-state index in [9.17, 15) is 0 Å². The fourth-order valence-corrected chi connectivity index (χ4v) is 9.99. The Hall–Kier alpha value is -7.62. The highest BCUT2D eigenvalue weighted by atomic mass is 15.0. The predicted molar refractivity (Wildman–Crippen MR) is 242 cm³/mol. The smallest absolute Gasteiger partial charge is 0.0561 e. The van der Waals surface area contributed by atoms with E-state index in [-0.39, 0.29) is 0 Å². The zero-order chi connectivity index (χ0) is 37.2. The van der Waals surface area contributed by atoms with Crippen molar-refractivity contribution < 1.29 is 0 Å². The van der Waals surface area contributed by atoms with Gasteiger partial charge in [-0.05, 0) is 99.0 Å². The number of hydrogen-bond donors (Lipinski definition) is 0. The first-order valence-electron chi connectivity index (χ1n) is 19.7. The molecule has 13 rings (SSSR count). The lowest BCUT2D eigenvalue weighted by Crippen LogP contribution is -1.98. The lowest BCUT2D eigenvalue weighted by atomic mass is 9.94. The lowest BCUT2D eigenvalue weighted by Gasteiger charge is -2.14. The molecule has 3 aromatic heterocycles. The molecule has 0 aliphatic carbocycles. The van der Waals surface area contributed by atoms with Crippen LogP contribution in [0.2, 0.25) is 0 Å². The first kappa shape index (κ1) is 30.7. The van der Waals surface area contributed by atoms with E-state index in [2.05, 4.69) is 214 Å². The van der Waals surface area contributed by atoms with Gasteiger partial charge in [-0.2, -0.15) is 0 Å². The number of aromatic nitrogens is 3. The molecule has 0 saturated carbocycles. The summed E-state index contributed by atoms with van der Waals surface area (Å²) >= 11 is 0. The topological polar surface area (TPSA) is 14.8 Å². The molecule has 0 aliphatic heterocycles. The van der Waals surface area contributed by atoms with Gasteiger partial charge in [0.1, 0.15) is 0 Å². The molecule has 3 heteroatoms. The maximum absolute atomic E-state index is 2.46. The van der Waals surface area contributed by atoms with E-state index >= 15 is 0 Å². The second kappa shape index (κ2) is 11.5. The minimum absolute atomic E-state index is 1.14. The molecule has 0 radical (unpaired) electrons. The Kier molecular flexibility index (Phi) is 6.16. The molecular weight excluding hydrogens is 691 g/mol. The Balaban J connectivity index is 1.06. The van der Waals surface area contributed by atoms with Gasteiger partial charge in [0, 0.05) is 49.4 Å². The van der Waals surface area contributed by atoms with E-state index in [1.807, 2.05) is 0 Å². The molecule has 0 N–H and O–H groups in total. The van der Waals surface area contributed by atoms with Crippen LogP contribution in [0.4, 0.5) is 0 Å². The maximum atomic E-state index is 2.46. The molecule has 264 valence electrons. The summed E-state index contributed by atoms with van der Waals surface area (Å²) in [6.07, 6.45) is 0. The number of fused-ring (bicyclic) bond motifs is 15. The van der Waals surface area contributed by atoms with Gasteiger partial charge in [-0.15, -0.1) is 0 Å². The van der Waals surface area contributed by atoms with Gasteiger partial charge < -0.3 is 13.7 Å². The third kappa shape index (κ3) is 4.20. The molecule has 10 aromatic carbocycles. The van der Waals surface area contributed by atoms with Crippen LogP contribution >= 0.6 is 0 Å². The minimum Gasteiger partial charge on any atom is -0.309 e. The fourth-order valence-electron chi connectivity index (χ4n) is 9.99. The molecule has 0 fully saturated rings. The minimum atomic E-state index is 1.14. The molecule has 0 spiro atoms. The van der Waals surface area contributed by atoms with Crippen molar-refractivity contribution in [3.8, 4) is 17.1 Å². The van der Waals surface area contributed by atoms with E-state index in [4.69, 9.17) is 0 Å². The molecule has 0 bridgehead atoms. The number of benzene rings is 10. The summed E-state index contributed by atoms with van der Waals surface area (Å²) in [6.45, 7) is 0. The van der Waals surface area contributed by atoms with Crippen molar-refractivity contribution in [2.45, 2.75) is 0 Å². The van der Waals surface area contributed by atoms with Crippen LogP contribution in [0.5, 0.6) is 0 Å². The fraction of sp³-hybridized carbons (Fsp3) is 0. The van der Waals surface area contributed by atoms with Crippen molar-refractivity contribution in [1.82, 2.24) is 13.7 Å².